The fourth-order valence-corrected chi connectivity index (χ4v) is 2.99. The Morgan fingerprint density at radius 3 is 2.37 bits per heavy atom. The van der Waals surface area contributed by atoms with Crippen LogP contribution in [0.5, 0.6) is 0 Å². The Balaban J connectivity index is 2.80. The molecule has 0 radical (unpaired) electrons. The molecule has 14 heteroatoms. The number of ether oxygens (including phenoxy) is 2. The average Bonchev–Trinajstić information content (AvgIpc) is 2.98. The molecule has 2 heterocycles. The summed E-state index contributed by atoms with van der Waals surface area (Å²) in [6, 6.07) is 0. The number of rotatable bonds is 5. The summed E-state index contributed by atoms with van der Waals surface area (Å²) in [6.45, 7) is -4.75. The minimum atomic E-state index is -5.32. The van der Waals surface area contributed by atoms with Gasteiger partial charge < -0.3 is 19.7 Å². The SMILES string of the molecule is [2H]CC(=O)OC[C@H]1O[C@@H](n2cc(C(F)(F)F)c(=O)[nH]c2=O)[C@@](O)(C(=O)C[2H])[C@@]1(O)C(=O)C[2H]. The van der Waals surface area contributed by atoms with Gasteiger partial charge in [0.25, 0.3) is 5.56 Å². The van der Waals surface area contributed by atoms with E-state index in [0.717, 1.165) is 0 Å². The van der Waals surface area contributed by atoms with Gasteiger partial charge in [0.1, 0.15) is 18.3 Å². The molecule has 166 valence electrons. The first-order valence-electron chi connectivity index (χ1n) is 9.95. The number of H-pyrrole nitrogens is 1. The van der Waals surface area contributed by atoms with Crippen LogP contribution >= 0.6 is 0 Å². The predicted octanol–water partition coefficient (Wildman–Crippen LogP) is -1.34. The van der Waals surface area contributed by atoms with Gasteiger partial charge in [0.05, 0.1) is 0 Å². The number of carbonyl (C=O) groups is 3. The summed E-state index contributed by atoms with van der Waals surface area (Å²) in [6.07, 6.45) is -10.3. The van der Waals surface area contributed by atoms with Crippen LogP contribution in [0.25, 0.3) is 0 Å². The topological polar surface area (TPSA) is 165 Å². The van der Waals surface area contributed by atoms with Gasteiger partial charge in [0.2, 0.25) is 5.60 Å². The molecule has 1 fully saturated rings. The molecule has 3 N–H and O–H groups in total. The van der Waals surface area contributed by atoms with Crippen molar-refractivity contribution in [2.75, 3.05) is 6.61 Å². The summed E-state index contributed by atoms with van der Waals surface area (Å²) in [5.41, 5.74) is -12.6. The largest absolute Gasteiger partial charge is 0.463 e. The number of aliphatic hydroxyl groups is 2. The number of hydrogen-bond donors (Lipinski definition) is 3. The van der Waals surface area contributed by atoms with Gasteiger partial charge in [-0.05, 0) is 13.8 Å². The zero-order valence-corrected chi connectivity index (χ0v) is 14.9. The first-order valence-corrected chi connectivity index (χ1v) is 7.82. The first kappa shape index (κ1) is 19.1. The van der Waals surface area contributed by atoms with Crippen molar-refractivity contribution in [1.82, 2.24) is 9.55 Å². The normalized spacial score (nSPS) is 30.2. The maximum atomic E-state index is 13.2. The van der Waals surface area contributed by atoms with E-state index in [1.165, 1.54) is 4.98 Å². The van der Waals surface area contributed by atoms with E-state index in [1.807, 2.05) is 0 Å². The van der Waals surface area contributed by atoms with Gasteiger partial charge in [-0.3, -0.25) is 28.7 Å². The zero-order chi connectivity index (χ0) is 25.4. The number of esters is 1. The molecular weight excluding hydrogens is 421 g/mol. The number of hydrogen-bond acceptors (Lipinski definition) is 9. The Labute approximate surface area is 169 Å². The molecule has 2 rings (SSSR count). The van der Waals surface area contributed by atoms with Crippen LogP contribution in [-0.4, -0.2) is 61.2 Å². The number of carbonyl (C=O) groups excluding carboxylic acids is 3. The van der Waals surface area contributed by atoms with Crippen LogP contribution in [-0.2, 0) is 30.0 Å². The second-order valence-electron chi connectivity index (χ2n) is 6.25. The van der Waals surface area contributed by atoms with E-state index in [4.69, 9.17) is 8.85 Å². The third kappa shape index (κ3) is 3.46. The van der Waals surface area contributed by atoms with Crippen molar-refractivity contribution in [3.8, 4) is 0 Å². The fourth-order valence-electron chi connectivity index (χ4n) is 2.99. The van der Waals surface area contributed by atoms with Crippen LogP contribution in [0.4, 0.5) is 13.2 Å². The first-order chi connectivity index (χ1) is 15.2. The maximum Gasteiger partial charge on any atom is 0.423 e. The van der Waals surface area contributed by atoms with Gasteiger partial charge in [-0.2, -0.15) is 13.2 Å². The van der Waals surface area contributed by atoms with Crippen LogP contribution in [0.2, 0.25) is 0 Å². The van der Waals surface area contributed by atoms with E-state index in [1.54, 1.807) is 0 Å². The smallest absolute Gasteiger partial charge is 0.423 e. The van der Waals surface area contributed by atoms with Crippen LogP contribution in [0, 0.1) is 0 Å². The molecule has 0 spiro atoms. The van der Waals surface area contributed by atoms with Gasteiger partial charge in [0, 0.05) is 17.2 Å². The van der Waals surface area contributed by atoms with Gasteiger partial charge >= 0.3 is 17.8 Å². The summed E-state index contributed by atoms with van der Waals surface area (Å²) < 4.78 is 70.5. The molecular formula is C16H17F3N2O9. The lowest BCUT2D eigenvalue weighted by Crippen LogP contribution is -2.66. The standard InChI is InChI=1S/C16H17F3N2O9/c1-6(22)14(27)10(5-29-8(3)24)30-12(15(14,28)7(2)23)21-4-9(16(17,18)19)11(25)20-13(21)26/h4,10,12,27-28H,5H2,1-3H3,(H,20,25,26)/t10-,12-,14-,15+/m1/s1/i1D,2D,3D. The van der Waals surface area contributed by atoms with Crippen LogP contribution in [0.1, 0.15) is 36.6 Å². The molecule has 1 aromatic rings. The third-order valence-corrected chi connectivity index (χ3v) is 4.47. The van der Waals surface area contributed by atoms with E-state index in [9.17, 15) is 47.4 Å². The molecule has 11 nitrogen and oxygen atoms in total. The van der Waals surface area contributed by atoms with Crippen molar-refractivity contribution < 1.29 is 51.4 Å². The van der Waals surface area contributed by atoms with E-state index < -0.39 is 91.4 Å². The summed E-state index contributed by atoms with van der Waals surface area (Å²) in [5, 5.41) is 22.2. The molecule has 1 aliphatic rings. The molecule has 1 aromatic heterocycles. The fraction of sp³-hybridized carbons (Fsp3) is 0.562. The number of Topliss-reactive ketones (excluding diaryl/α,β-unsaturated/α-hetero) is 2. The maximum absolute atomic E-state index is 13.2. The molecule has 4 atom stereocenters. The predicted molar refractivity (Wildman–Crippen MR) is 88.1 cm³/mol. The Bertz CT molecular complexity index is 1080. The van der Waals surface area contributed by atoms with E-state index in [2.05, 4.69) is 4.74 Å². The number of ketones is 2. The van der Waals surface area contributed by atoms with Crippen molar-refractivity contribution in [2.45, 2.75) is 50.4 Å². The highest BCUT2D eigenvalue weighted by Crippen LogP contribution is 2.46. The number of aromatic amines is 1. The monoisotopic (exact) mass is 441 g/mol. The summed E-state index contributed by atoms with van der Waals surface area (Å²) in [5.74, 6) is -4.54. The summed E-state index contributed by atoms with van der Waals surface area (Å²) in [7, 11) is 0. The molecule has 0 aliphatic carbocycles. The van der Waals surface area contributed by atoms with E-state index in [0.29, 0.717) is 0 Å². The highest BCUT2D eigenvalue weighted by molar-refractivity contribution is 5.98. The third-order valence-electron chi connectivity index (χ3n) is 4.47. The number of nitrogens with one attached hydrogen (secondary N) is 1. The molecule has 1 saturated heterocycles. The van der Waals surface area contributed by atoms with Gasteiger partial charge in [-0.25, -0.2) is 4.79 Å². The second-order valence-corrected chi connectivity index (χ2v) is 6.25. The summed E-state index contributed by atoms with van der Waals surface area (Å²) >= 11 is 0. The quantitative estimate of drug-likeness (QED) is 0.469. The highest BCUT2D eigenvalue weighted by Gasteiger charge is 2.72. The van der Waals surface area contributed by atoms with Crippen molar-refractivity contribution in [3.63, 3.8) is 0 Å². The molecule has 30 heavy (non-hydrogen) atoms. The minimum absolute atomic E-state index is 0.119. The Kier molecular flexibility index (Phi) is 4.75. The number of halogens is 3. The lowest BCUT2D eigenvalue weighted by atomic mass is 9.75. The molecule has 1 aliphatic heterocycles. The Morgan fingerprint density at radius 2 is 1.83 bits per heavy atom. The van der Waals surface area contributed by atoms with Gasteiger partial charge in [0.15, 0.2) is 23.4 Å². The molecule has 0 aromatic carbocycles. The minimum Gasteiger partial charge on any atom is -0.463 e. The average molecular weight is 441 g/mol. The van der Waals surface area contributed by atoms with E-state index in [-0.39, 0.29) is 10.8 Å². The Hall–Kier alpha value is -2.84. The summed E-state index contributed by atoms with van der Waals surface area (Å²) in [4.78, 5) is 61.4. The van der Waals surface area contributed by atoms with Gasteiger partial charge in [-0.1, -0.05) is 0 Å². The molecule has 0 unspecified atom stereocenters. The van der Waals surface area contributed by atoms with Crippen molar-refractivity contribution in [1.29, 1.82) is 0 Å². The molecule has 0 amide bonds. The number of aromatic nitrogens is 2. The van der Waals surface area contributed by atoms with Crippen molar-refractivity contribution in [2.24, 2.45) is 0 Å². The van der Waals surface area contributed by atoms with E-state index >= 15 is 0 Å². The highest BCUT2D eigenvalue weighted by atomic mass is 19.4. The van der Waals surface area contributed by atoms with Crippen LogP contribution in [0.3, 0.4) is 0 Å². The molecule has 0 bridgehead atoms. The van der Waals surface area contributed by atoms with Crippen molar-refractivity contribution in [3.05, 3.63) is 32.6 Å². The molecule has 0 saturated carbocycles. The zero-order valence-electron chi connectivity index (χ0n) is 17.9. The van der Waals surface area contributed by atoms with Crippen LogP contribution in [0.15, 0.2) is 15.8 Å². The lowest BCUT2D eigenvalue weighted by molar-refractivity contribution is -0.183. The van der Waals surface area contributed by atoms with Crippen LogP contribution < -0.4 is 11.2 Å². The van der Waals surface area contributed by atoms with Gasteiger partial charge in [-0.15, -0.1) is 0 Å². The number of alkyl halides is 3. The lowest BCUT2D eigenvalue weighted by Gasteiger charge is -2.37. The number of nitrogens with zero attached hydrogens (tertiary/aromatic N) is 1. The van der Waals surface area contributed by atoms with Crippen molar-refractivity contribution >= 4 is 17.5 Å². The Morgan fingerprint density at radius 1 is 1.23 bits per heavy atom. The second kappa shape index (κ2) is 7.45.